The van der Waals surface area contributed by atoms with Crippen molar-refractivity contribution in [2.45, 2.75) is 13.2 Å². The molecule has 0 amide bonds. The molecule has 0 aliphatic carbocycles. The number of rotatable bonds is 4. The van der Waals surface area contributed by atoms with Crippen molar-refractivity contribution >= 4 is 5.97 Å². The molecule has 0 unspecified atom stereocenters. The minimum absolute atomic E-state index is 0.156. The van der Waals surface area contributed by atoms with Crippen LogP contribution >= 0.6 is 0 Å². The van der Waals surface area contributed by atoms with Crippen LogP contribution in [0.15, 0.2) is 12.4 Å². The van der Waals surface area contributed by atoms with Crippen molar-refractivity contribution in [1.82, 2.24) is 9.78 Å². The van der Waals surface area contributed by atoms with Crippen molar-refractivity contribution in [3.8, 4) is 5.75 Å². The molecule has 1 heterocycles. The normalized spacial score (nSPS) is 10.4. The van der Waals surface area contributed by atoms with Crippen LogP contribution in [0.5, 0.6) is 5.75 Å². The van der Waals surface area contributed by atoms with Crippen LogP contribution in [0.2, 0.25) is 0 Å². The number of nitrogens with zero attached hydrogens (tertiary/aromatic N) is 2. The van der Waals surface area contributed by atoms with Gasteiger partial charge in [-0.3, -0.25) is 9.48 Å². The van der Waals surface area contributed by atoms with Gasteiger partial charge in [-0.05, 0) is 0 Å². The Balaban J connectivity index is 2.58. The van der Waals surface area contributed by atoms with E-state index in [0.717, 1.165) is 17.1 Å². The van der Waals surface area contributed by atoms with Crippen molar-refractivity contribution in [2.75, 3.05) is 0 Å². The van der Waals surface area contributed by atoms with Gasteiger partial charge in [0, 0.05) is 0 Å². The van der Waals surface area contributed by atoms with Crippen molar-refractivity contribution < 1.29 is 23.4 Å². The van der Waals surface area contributed by atoms with Crippen molar-refractivity contribution in [2.24, 2.45) is 0 Å². The molecule has 7 heteroatoms. The number of alkyl halides is 2. The number of carboxylic acid groups (broad SMARTS) is 1. The number of hydrogen-bond donors (Lipinski definition) is 1. The SMILES string of the molecule is O=C(O)Cn1cc(OC(F)F)cn1. The van der Waals surface area contributed by atoms with Gasteiger partial charge >= 0.3 is 12.6 Å². The molecule has 0 radical (unpaired) electrons. The van der Waals surface area contributed by atoms with E-state index in [0.29, 0.717) is 0 Å². The Morgan fingerprint density at radius 1 is 1.77 bits per heavy atom. The van der Waals surface area contributed by atoms with Crippen LogP contribution in [0.4, 0.5) is 8.78 Å². The van der Waals surface area contributed by atoms with Gasteiger partial charge in [-0.1, -0.05) is 0 Å². The first-order valence-electron chi connectivity index (χ1n) is 3.27. The van der Waals surface area contributed by atoms with E-state index in [1.165, 1.54) is 0 Å². The lowest BCUT2D eigenvalue weighted by Gasteiger charge is -1.98. The number of hydrogen-bond acceptors (Lipinski definition) is 3. The molecule has 0 aliphatic heterocycles. The zero-order valence-corrected chi connectivity index (χ0v) is 6.35. The summed E-state index contributed by atoms with van der Waals surface area (Å²) in [4.78, 5) is 10.2. The average molecular weight is 192 g/mol. The van der Waals surface area contributed by atoms with Crippen molar-refractivity contribution in [1.29, 1.82) is 0 Å². The molecule has 0 aliphatic rings. The molecule has 0 atom stereocenters. The average Bonchev–Trinajstić information content (AvgIpc) is 2.33. The van der Waals surface area contributed by atoms with E-state index >= 15 is 0 Å². The van der Waals surface area contributed by atoms with Crippen LogP contribution in [0, 0.1) is 0 Å². The van der Waals surface area contributed by atoms with Gasteiger partial charge < -0.3 is 9.84 Å². The number of aliphatic carboxylic acids is 1. The maximum atomic E-state index is 11.6. The van der Waals surface area contributed by atoms with Crippen LogP contribution < -0.4 is 4.74 Å². The zero-order valence-electron chi connectivity index (χ0n) is 6.35. The summed E-state index contributed by atoms with van der Waals surface area (Å²) in [6.45, 7) is -3.31. The number of carbonyl (C=O) groups is 1. The highest BCUT2D eigenvalue weighted by molar-refractivity contribution is 5.66. The van der Waals surface area contributed by atoms with E-state index in [9.17, 15) is 13.6 Å². The van der Waals surface area contributed by atoms with E-state index in [1.54, 1.807) is 0 Å². The summed E-state index contributed by atoms with van der Waals surface area (Å²) >= 11 is 0. The number of aromatic nitrogens is 2. The first-order valence-corrected chi connectivity index (χ1v) is 3.27. The molecular weight excluding hydrogens is 186 g/mol. The standard InChI is InChI=1S/C6H6F2N2O3/c7-6(8)13-4-1-9-10(2-4)3-5(11)12/h1-2,6H,3H2,(H,11,12). The minimum atomic E-state index is -2.93. The predicted molar refractivity (Wildman–Crippen MR) is 36.5 cm³/mol. The minimum Gasteiger partial charge on any atom is -0.480 e. The molecule has 1 aromatic rings. The molecule has 1 rings (SSSR count). The van der Waals surface area contributed by atoms with Crippen LogP contribution in [-0.2, 0) is 11.3 Å². The third-order valence-corrected chi connectivity index (χ3v) is 1.13. The fourth-order valence-corrected chi connectivity index (χ4v) is 0.733. The van der Waals surface area contributed by atoms with Crippen LogP contribution in [0.25, 0.3) is 0 Å². The number of ether oxygens (including phenoxy) is 1. The molecule has 5 nitrogen and oxygen atoms in total. The Morgan fingerprint density at radius 3 is 3.00 bits per heavy atom. The zero-order chi connectivity index (χ0) is 9.84. The van der Waals surface area contributed by atoms with Crippen molar-refractivity contribution in [3.63, 3.8) is 0 Å². The lowest BCUT2D eigenvalue weighted by atomic mass is 10.6. The fourth-order valence-electron chi connectivity index (χ4n) is 0.733. The summed E-state index contributed by atoms with van der Waals surface area (Å²) in [5.74, 6) is -1.26. The number of halogens is 2. The summed E-state index contributed by atoms with van der Waals surface area (Å²) in [5, 5.41) is 11.8. The Morgan fingerprint density at radius 2 is 2.46 bits per heavy atom. The molecule has 1 N–H and O–H groups in total. The van der Waals surface area contributed by atoms with E-state index in [1.807, 2.05) is 0 Å². The maximum Gasteiger partial charge on any atom is 0.387 e. The second-order valence-corrected chi connectivity index (χ2v) is 2.15. The summed E-state index contributed by atoms with van der Waals surface area (Å²) in [6.07, 6.45) is 2.11. The Kier molecular flexibility index (Phi) is 2.78. The third kappa shape index (κ3) is 3.06. The van der Waals surface area contributed by atoms with Gasteiger partial charge in [0.25, 0.3) is 0 Å². The highest BCUT2D eigenvalue weighted by Gasteiger charge is 2.07. The molecule has 0 saturated carbocycles. The third-order valence-electron chi connectivity index (χ3n) is 1.13. The van der Waals surface area contributed by atoms with Crippen LogP contribution in [-0.4, -0.2) is 27.5 Å². The molecule has 1 aromatic heterocycles. The van der Waals surface area contributed by atoms with Crippen molar-refractivity contribution in [3.05, 3.63) is 12.4 Å². The Hall–Kier alpha value is -1.66. The van der Waals surface area contributed by atoms with E-state index in [-0.39, 0.29) is 12.3 Å². The molecule has 72 valence electrons. The molecular formula is C6H6F2N2O3. The highest BCUT2D eigenvalue weighted by Crippen LogP contribution is 2.11. The first kappa shape index (κ1) is 9.43. The largest absolute Gasteiger partial charge is 0.480 e. The molecule has 0 spiro atoms. The smallest absolute Gasteiger partial charge is 0.387 e. The van der Waals surface area contributed by atoms with Gasteiger partial charge in [0.05, 0.1) is 12.4 Å². The quantitative estimate of drug-likeness (QED) is 0.757. The van der Waals surface area contributed by atoms with Gasteiger partial charge in [0.2, 0.25) is 0 Å². The van der Waals surface area contributed by atoms with Crippen LogP contribution in [0.1, 0.15) is 0 Å². The molecule has 0 saturated heterocycles. The fraction of sp³-hybridized carbons (Fsp3) is 0.333. The Labute approximate surface area is 71.5 Å². The van der Waals surface area contributed by atoms with Gasteiger partial charge in [-0.25, -0.2) is 0 Å². The lowest BCUT2D eigenvalue weighted by molar-refractivity contribution is -0.137. The summed E-state index contributed by atoms with van der Waals surface area (Å²) < 4.78 is 28.2. The molecule has 0 bridgehead atoms. The second-order valence-electron chi connectivity index (χ2n) is 2.15. The second kappa shape index (κ2) is 3.83. The van der Waals surface area contributed by atoms with Gasteiger partial charge in [0.15, 0.2) is 5.75 Å². The predicted octanol–water partition coefficient (Wildman–Crippen LogP) is 0.569. The first-order chi connectivity index (χ1) is 6.08. The Bertz CT molecular complexity index is 300. The van der Waals surface area contributed by atoms with Gasteiger partial charge in [-0.2, -0.15) is 13.9 Å². The molecule has 13 heavy (non-hydrogen) atoms. The summed E-state index contributed by atoms with van der Waals surface area (Å²) in [6, 6.07) is 0. The van der Waals surface area contributed by atoms with E-state index in [2.05, 4.69) is 9.84 Å². The van der Waals surface area contributed by atoms with Crippen LogP contribution in [0.3, 0.4) is 0 Å². The maximum absolute atomic E-state index is 11.6. The van der Waals surface area contributed by atoms with E-state index in [4.69, 9.17) is 5.11 Å². The summed E-state index contributed by atoms with van der Waals surface area (Å²) in [5.41, 5.74) is 0. The van der Waals surface area contributed by atoms with E-state index < -0.39 is 12.6 Å². The topological polar surface area (TPSA) is 64.3 Å². The lowest BCUT2D eigenvalue weighted by Crippen LogP contribution is -2.08. The monoisotopic (exact) mass is 192 g/mol. The highest BCUT2D eigenvalue weighted by atomic mass is 19.3. The molecule has 0 fully saturated rings. The van der Waals surface area contributed by atoms with Gasteiger partial charge in [0.1, 0.15) is 6.54 Å². The molecule has 0 aromatic carbocycles. The summed E-state index contributed by atoms with van der Waals surface area (Å²) in [7, 11) is 0. The van der Waals surface area contributed by atoms with Gasteiger partial charge in [-0.15, -0.1) is 0 Å². The number of carboxylic acids is 1.